The second kappa shape index (κ2) is 4.79. The van der Waals surface area contributed by atoms with Crippen LogP contribution >= 0.6 is 0 Å². The molecule has 0 aliphatic heterocycles. The first kappa shape index (κ1) is 9.95. The number of nitrogens with zero attached hydrogens (tertiary/aromatic N) is 1. The minimum Gasteiger partial charge on any atom is -0.490 e. The fourth-order valence-corrected chi connectivity index (χ4v) is 0.910. The van der Waals surface area contributed by atoms with E-state index in [2.05, 4.69) is 4.98 Å². The Kier molecular flexibility index (Phi) is 3.67. The minimum absolute atomic E-state index is 0.00897. The van der Waals surface area contributed by atoms with Crippen LogP contribution in [-0.4, -0.2) is 23.3 Å². The second-order valence-corrected chi connectivity index (χ2v) is 2.78. The number of aromatic nitrogens is 1. The van der Waals surface area contributed by atoms with E-state index >= 15 is 0 Å². The Labute approximate surface area is 77.4 Å². The predicted molar refractivity (Wildman–Crippen MR) is 49.4 cm³/mol. The highest BCUT2D eigenvalue weighted by molar-refractivity contribution is 5.20. The highest BCUT2D eigenvalue weighted by Crippen LogP contribution is 2.12. The molecule has 72 valence electrons. The molecule has 4 nitrogen and oxygen atoms in total. The van der Waals surface area contributed by atoms with E-state index in [1.807, 2.05) is 13.0 Å². The zero-order valence-electron chi connectivity index (χ0n) is 7.60. The Hall–Kier alpha value is -1.13. The smallest absolute Gasteiger partial charge is 0.137 e. The Morgan fingerprint density at radius 2 is 2.38 bits per heavy atom. The fourth-order valence-electron chi connectivity index (χ4n) is 0.910. The van der Waals surface area contributed by atoms with Crippen LogP contribution in [0, 0.1) is 0 Å². The third-order valence-corrected chi connectivity index (χ3v) is 1.59. The molecule has 1 unspecified atom stereocenters. The van der Waals surface area contributed by atoms with Crippen molar-refractivity contribution in [2.75, 3.05) is 13.2 Å². The quantitative estimate of drug-likeness (QED) is 0.710. The van der Waals surface area contributed by atoms with Gasteiger partial charge in [0.2, 0.25) is 0 Å². The molecular formula is C9H14N2O2. The molecule has 0 aromatic carbocycles. The molecular weight excluding hydrogens is 168 g/mol. The van der Waals surface area contributed by atoms with Crippen molar-refractivity contribution in [2.45, 2.75) is 13.0 Å². The first-order chi connectivity index (χ1) is 6.24. The van der Waals surface area contributed by atoms with Crippen LogP contribution in [0.3, 0.4) is 0 Å². The molecule has 0 fully saturated rings. The van der Waals surface area contributed by atoms with Gasteiger partial charge < -0.3 is 15.6 Å². The van der Waals surface area contributed by atoms with Gasteiger partial charge >= 0.3 is 0 Å². The highest BCUT2D eigenvalue weighted by atomic mass is 16.5. The van der Waals surface area contributed by atoms with Crippen LogP contribution < -0.4 is 10.5 Å². The molecule has 4 heteroatoms. The minimum atomic E-state index is -0.0631. The Morgan fingerprint density at radius 3 is 2.85 bits per heavy atom. The van der Waals surface area contributed by atoms with E-state index in [-0.39, 0.29) is 12.6 Å². The standard InChI is InChI=1S/C9H14N2O2/c1-7(10)9-3-2-8(6-11-9)13-5-4-12/h2-3,6-7,12H,4-5,10H2,1H3. The van der Waals surface area contributed by atoms with Crippen LogP contribution in [0.1, 0.15) is 18.7 Å². The highest BCUT2D eigenvalue weighted by Gasteiger charge is 2.00. The lowest BCUT2D eigenvalue weighted by Gasteiger charge is -2.06. The fraction of sp³-hybridized carbons (Fsp3) is 0.444. The van der Waals surface area contributed by atoms with Gasteiger partial charge in [-0.2, -0.15) is 0 Å². The van der Waals surface area contributed by atoms with Gasteiger partial charge in [-0.1, -0.05) is 0 Å². The van der Waals surface area contributed by atoms with Crippen LogP contribution in [0.5, 0.6) is 5.75 Å². The SMILES string of the molecule is CC(N)c1ccc(OCCO)cn1. The molecule has 1 rings (SSSR count). The zero-order valence-corrected chi connectivity index (χ0v) is 7.60. The predicted octanol–water partition coefficient (Wildman–Crippen LogP) is 0.472. The van der Waals surface area contributed by atoms with E-state index in [0.29, 0.717) is 12.4 Å². The largest absolute Gasteiger partial charge is 0.490 e. The summed E-state index contributed by atoms with van der Waals surface area (Å²) >= 11 is 0. The molecule has 1 aromatic heterocycles. The van der Waals surface area contributed by atoms with E-state index in [0.717, 1.165) is 5.69 Å². The van der Waals surface area contributed by atoms with Gasteiger partial charge in [0.25, 0.3) is 0 Å². The maximum absolute atomic E-state index is 8.50. The van der Waals surface area contributed by atoms with Crippen LogP contribution in [0.15, 0.2) is 18.3 Å². The summed E-state index contributed by atoms with van der Waals surface area (Å²) in [4.78, 5) is 4.10. The first-order valence-corrected chi connectivity index (χ1v) is 4.19. The van der Waals surface area contributed by atoms with Gasteiger partial charge in [0.15, 0.2) is 0 Å². The second-order valence-electron chi connectivity index (χ2n) is 2.78. The van der Waals surface area contributed by atoms with E-state index in [9.17, 15) is 0 Å². The van der Waals surface area contributed by atoms with Crippen LogP contribution in [0.25, 0.3) is 0 Å². The van der Waals surface area contributed by atoms with Crippen LogP contribution in [0.4, 0.5) is 0 Å². The van der Waals surface area contributed by atoms with E-state index in [1.165, 1.54) is 0 Å². The molecule has 1 heterocycles. The summed E-state index contributed by atoms with van der Waals surface area (Å²) in [7, 11) is 0. The average molecular weight is 182 g/mol. The summed E-state index contributed by atoms with van der Waals surface area (Å²) in [6.45, 7) is 2.17. The molecule has 0 saturated heterocycles. The zero-order chi connectivity index (χ0) is 9.68. The van der Waals surface area contributed by atoms with Gasteiger partial charge in [-0.25, -0.2) is 0 Å². The first-order valence-electron chi connectivity index (χ1n) is 4.19. The maximum atomic E-state index is 8.50. The molecule has 0 spiro atoms. The Balaban J connectivity index is 2.59. The van der Waals surface area contributed by atoms with Crippen LogP contribution in [0.2, 0.25) is 0 Å². The normalized spacial score (nSPS) is 12.5. The molecule has 13 heavy (non-hydrogen) atoms. The molecule has 0 bridgehead atoms. The van der Waals surface area contributed by atoms with E-state index in [1.54, 1.807) is 12.3 Å². The monoisotopic (exact) mass is 182 g/mol. The van der Waals surface area contributed by atoms with Crippen molar-refractivity contribution in [1.29, 1.82) is 0 Å². The third-order valence-electron chi connectivity index (χ3n) is 1.59. The maximum Gasteiger partial charge on any atom is 0.137 e. The summed E-state index contributed by atoms with van der Waals surface area (Å²) < 4.78 is 5.14. The molecule has 0 radical (unpaired) electrons. The van der Waals surface area contributed by atoms with Crippen molar-refractivity contribution >= 4 is 0 Å². The summed E-state index contributed by atoms with van der Waals surface area (Å²) in [5.74, 6) is 0.651. The number of ether oxygens (including phenoxy) is 1. The van der Waals surface area contributed by atoms with E-state index in [4.69, 9.17) is 15.6 Å². The van der Waals surface area contributed by atoms with Gasteiger partial charge in [-0.3, -0.25) is 4.98 Å². The lowest BCUT2D eigenvalue weighted by molar-refractivity contribution is 0.201. The molecule has 0 saturated carbocycles. The Morgan fingerprint density at radius 1 is 1.62 bits per heavy atom. The number of pyridine rings is 1. The summed E-state index contributed by atoms with van der Waals surface area (Å²) in [5, 5.41) is 8.50. The number of aliphatic hydroxyl groups excluding tert-OH is 1. The van der Waals surface area contributed by atoms with E-state index < -0.39 is 0 Å². The van der Waals surface area contributed by atoms with Gasteiger partial charge in [0.1, 0.15) is 12.4 Å². The van der Waals surface area contributed by atoms with Crippen LogP contribution in [-0.2, 0) is 0 Å². The molecule has 0 amide bonds. The molecule has 1 atom stereocenters. The summed E-state index contributed by atoms with van der Waals surface area (Å²) in [6, 6.07) is 3.55. The summed E-state index contributed by atoms with van der Waals surface area (Å²) in [6.07, 6.45) is 1.61. The van der Waals surface area contributed by atoms with Crippen molar-refractivity contribution in [3.63, 3.8) is 0 Å². The topological polar surface area (TPSA) is 68.4 Å². The third kappa shape index (κ3) is 3.01. The molecule has 0 aliphatic carbocycles. The number of hydrogen-bond donors (Lipinski definition) is 2. The van der Waals surface area contributed by atoms with Crippen molar-refractivity contribution in [3.05, 3.63) is 24.0 Å². The molecule has 0 aliphatic rings. The lowest BCUT2D eigenvalue weighted by Crippen LogP contribution is -2.07. The van der Waals surface area contributed by atoms with Crippen molar-refractivity contribution in [1.82, 2.24) is 4.98 Å². The molecule has 1 aromatic rings. The lowest BCUT2D eigenvalue weighted by atomic mass is 10.2. The number of rotatable bonds is 4. The van der Waals surface area contributed by atoms with Gasteiger partial charge in [-0.15, -0.1) is 0 Å². The van der Waals surface area contributed by atoms with Crippen molar-refractivity contribution in [3.8, 4) is 5.75 Å². The summed E-state index contributed by atoms with van der Waals surface area (Å²) in [5.41, 5.74) is 6.45. The average Bonchev–Trinajstić information content (AvgIpc) is 2.15. The van der Waals surface area contributed by atoms with Gasteiger partial charge in [0, 0.05) is 6.04 Å². The van der Waals surface area contributed by atoms with Crippen molar-refractivity contribution < 1.29 is 9.84 Å². The number of aliphatic hydroxyl groups is 1. The van der Waals surface area contributed by atoms with Crippen molar-refractivity contribution in [2.24, 2.45) is 5.73 Å². The Bertz CT molecular complexity index is 246. The number of hydrogen-bond acceptors (Lipinski definition) is 4. The number of nitrogens with two attached hydrogens (primary N) is 1. The van der Waals surface area contributed by atoms with Gasteiger partial charge in [-0.05, 0) is 19.1 Å². The van der Waals surface area contributed by atoms with Gasteiger partial charge in [0.05, 0.1) is 18.5 Å². The molecule has 3 N–H and O–H groups in total.